The predicted molar refractivity (Wildman–Crippen MR) is 89.6 cm³/mol. The van der Waals surface area contributed by atoms with E-state index in [1.165, 1.54) is 24.8 Å². The molecule has 0 aliphatic carbocycles. The Morgan fingerprint density at radius 3 is 2.85 bits per heavy atom. The van der Waals surface area contributed by atoms with E-state index in [1.54, 1.807) is 12.4 Å². The first kappa shape index (κ1) is 17.5. The summed E-state index contributed by atoms with van der Waals surface area (Å²) in [5.74, 6) is 1.13. The lowest BCUT2D eigenvalue weighted by Crippen LogP contribution is -2.31. The second-order valence-electron chi connectivity index (χ2n) is 4.89. The summed E-state index contributed by atoms with van der Waals surface area (Å²) in [6.45, 7) is 5.49. The van der Waals surface area contributed by atoms with Gasteiger partial charge in [0, 0.05) is 18.4 Å². The van der Waals surface area contributed by atoms with Crippen molar-refractivity contribution in [3.63, 3.8) is 0 Å². The van der Waals surface area contributed by atoms with Crippen molar-refractivity contribution in [2.75, 3.05) is 12.3 Å². The molecule has 20 heavy (non-hydrogen) atoms. The number of nitrogens with zero attached hydrogens (tertiary/aromatic N) is 2. The van der Waals surface area contributed by atoms with E-state index < -0.39 is 0 Å². The van der Waals surface area contributed by atoms with E-state index in [1.807, 2.05) is 11.8 Å². The highest BCUT2D eigenvalue weighted by Gasteiger charge is 2.18. The Hall–Kier alpha value is -0.580. The van der Waals surface area contributed by atoms with Crippen molar-refractivity contribution in [2.24, 2.45) is 0 Å². The molecule has 0 saturated heterocycles. The van der Waals surface area contributed by atoms with Crippen molar-refractivity contribution in [1.82, 2.24) is 15.3 Å². The summed E-state index contributed by atoms with van der Waals surface area (Å²) in [6.07, 6.45) is 10.8. The van der Waals surface area contributed by atoms with Gasteiger partial charge in [-0.1, -0.05) is 25.8 Å². The molecule has 0 saturated carbocycles. The van der Waals surface area contributed by atoms with Crippen LogP contribution in [0.25, 0.3) is 5.57 Å². The monoisotopic (exact) mass is 313 g/mol. The molecule has 1 aromatic rings. The van der Waals surface area contributed by atoms with Gasteiger partial charge in [0.05, 0.1) is 5.69 Å². The molecule has 5 heteroatoms. The molecule has 0 radical (unpaired) electrons. The maximum atomic E-state index is 4.56. The number of nitrogens with one attached hydrogen (secondary N) is 1. The van der Waals surface area contributed by atoms with Gasteiger partial charge in [0.15, 0.2) is 0 Å². The van der Waals surface area contributed by atoms with Gasteiger partial charge in [-0.05, 0) is 37.6 Å². The summed E-state index contributed by atoms with van der Waals surface area (Å²) < 4.78 is 0. The summed E-state index contributed by atoms with van der Waals surface area (Å²) >= 11 is 1.84. The summed E-state index contributed by atoms with van der Waals surface area (Å²) in [5, 5.41) is 4.57. The predicted octanol–water partition coefficient (Wildman–Crippen LogP) is 3.95. The zero-order chi connectivity index (χ0) is 13.5. The van der Waals surface area contributed by atoms with Crippen molar-refractivity contribution < 1.29 is 0 Å². The van der Waals surface area contributed by atoms with Gasteiger partial charge in [-0.3, -0.25) is 4.98 Å². The van der Waals surface area contributed by atoms with Crippen LogP contribution < -0.4 is 5.32 Å². The Morgan fingerprint density at radius 2 is 2.10 bits per heavy atom. The quantitative estimate of drug-likeness (QED) is 0.637. The lowest BCUT2D eigenvalue weighted by molar-refractivity contribution is 0.623. The minimum Gasteiger partial charge on any atom is -0.310 e. The van der Waals surface area contributed by atoms with Gasteiger partial charge in [-0.25, -0.2) is 4.98 Å². The molecule has 1 atom stereocenters. The van der Waals surface area contributed by atoms with E-state index >= 15 is 0 Å². The molecule has 112 valence electrons. The van der Waals surface area contributed by atoms with Crippen LogP contribution in [0.4, 0.5) is 0 Å². The minimum absolute atomic E-state index is 0. The van der Waals surface area contributed by atoms with E-state index in [9.17, 15) is 0 Å². The Kier molecular flexibility index (Phi) is 8.19. The van der Waals surface area contributed by atoms with E-state index in [4.69, 9.17) is 0 Å². The minimum atomic E-state index is 0. The van der Waals surface area contributed by atoms with Crippen LogP contribution in [0.5, 0.6) is 0 Å². The summed E-state index contributed by atoms with van der Waals surface area (Å²) in [7, 11) is 0. The average Bonchev–Trinajstić information content (AvgIpc) is 2.45. The van der Waals surface area contributed by atoms with Crippen molar-refractivity contribution in [3.05, 3.63) is 24.2 Å². The molecule has 1 N–H and O–H groups in total. The molecule has 1 aromatic heterocycles. The maximum absolute atomic E-state index is 4.56. The lowest BCUT2D eigenvalue weighted by atomic mass is 10.0. The van der Waals surface area contributed by atoms with Gasteiger partial charge in [0.2, 0.25) is 0 Å². The van der Waals surface area contributed by atoms with E-state index in [0.717, 1.165) is 29.4 Å². The molecule has 1 unspecified atom stereocenters. The van der Waals surface area contributed by atoms with Crippen LogP contribution in [-0.4, -0.2) is 28.3 Å². The number of unbranched alkanes of at least 4 members (excludes halogenated alkanes) is 2. The third kappa shape index (κ3) is 4.76. The fourth-order valence-electron chi connectivity index (χ4n) is 2.27. The first-order valence-electron chi connectivity index (χ1n) is 7.20. The molecule has 1 aliphatic rings. The number of hydrogen-bond donors (Lipinski definition) is 1. The molecule has 3 nitrogen and oxygen atoms in total. The van der Waals surface area contributed by atoms with Gasteiger partial charge in [0.1, 0.15) is 5.03 Å². The van der Waals surface area contributed by atoms with Crippen LogP contribution in [0, 0.1) is 0 Å². The Morgan fingerprint density at radius 1 is 1.30 bits per heavy atom. The lowest BCUT2D eigenvalue weighted by Gasteiger charge is -2.22. The second-order valence-corrected chi connectivity index (χ2v) is 5.97. The molecule has 2 heterocycles. The Balaban J connectivity index is 0.00000200. The fraction of sp³-hybridized carbons (Fsp3) is 0.600. The fourth-order valence-corrected chi connectivity index (χ4v) is 3.25. The molecule has 0 aromatic carbocycles. The summed E-state index contributed by atoms with van der Waals surface area (Å²) in [5.41, 5.74) is 2.38. The van der Waals surface area contributed by atoms with Gasteiger partial charge in [-0.2, -0.15) is 0 Å². The third-order valence-corrected chi connectivity index (χ3v) is 4.42. The molecule has 0 bridgehead atoms. The highest BCUT2D eigenvalue weighted by Crippen LogP contribution is 2.28. The van der Waals surface area contributed by atoms with Crippen molar-refractivity contribution >= 4 is 29.7 Å². The number of thioether (sulfide) groups is 1. The average molecular weight is 314 g/mol. The van der Waals surface area contributed by atoms with Gasteiger partial charge in [0.25, 0.3) is 0 Å². The second kappa shape index (κ2) is 9.37. The number of rotatable bonds is 6. The Labute approximate surface area is 132 Å². The van der Waals surface area contributed by atoms with Crippen LogP contribution in [0.3, 0.4) is 0 Å². The van der Waals surface area contributed by atoms with Gasteiger partial charge in [-0.15, -0.1) is 24.2 Å². The SMILES string of the molecule is CCCCCSc1nccnc1C1=CCCNC1C.Cl. The van der Waals surface area contributed by atoms with Crippen molar-refractivity contribution in [2.45, 2.75) is 50.6 Å². The van der Waals surface area contributed by atoms with Crippen LogP contribution in [-0.2, 0) is 0 Å². The highest BCUT2D eigenvalue weighted by atomic mass is 35.5. The van der Waals surface area contributed by atoms with Gasteiger partial charge >= 0.3 is 0 Å². The molecule has 0 spiro atoms. The first-order chi connectivity index (χ1) is 9.33. The Bertz CT molecular complexity index is 437. The van der Waals surface area contributed by atoms with E-state index in [0.29, 0.717) is 6.04 Å². The largest absolute Gasteiger partial charge is 0.310 e. The first-order valence-corrected chi connectivity index (χ1v) is 8.19. The van der Waals surface area contributed by atoms with Crippen LogP contribution in [0.1, 0.15) is 45.2 Å². The van der Waals surface area contributed by atoms with Crippen molar-refractivity contribution in [1.29, 1.82) is 0 Å². The van der Waals surface area contributed by atoms with Crippen LogP contribution in [0.15, 0.2) is 23.5 Å². The van der Waals surface area contributed by atoms with Gasteiger partial charge < -0.3 is 5.32 Å². The molecule has 1 aliphatic heterocycles. The summed E-state index contributed by atoms with van der Waals surface area (Å²) in [4.78, 5) is 9.08. The topological polar surface area (TPSA) is 37.8 Å². The molecule has 0 fully saturated rings. The number of aromatic nitrogens is 2. The number of hydrogen-bond acceptors (Lipinski definition) is 4. The maximum Gasteiger partial charge on any atom is 0.122 e. The standard InChI is InChI=1S/C15H23N3S.ClH/c1-3-4-5-11-19-15-14(17-9-10-18-15)13-7-6-8-16-12(13)2;/h7,9-10,12,16H,3-6,8,11H2,1-2H3;1H. The third-order valence-electron chi connectivity index (χ3n) is 3.35. The number of halogens is 1. The van der Waals surface area contributed by atoms with E-state index in [-0.39, 0.29) is 12.4 Å². The van der Waals surface area contributed by atoms with E-state index in [2.05, 4.69) is 35.2 Å². The molecular formula is C15H24ClN3S. The smallest absolute Gasteiger partial charge is 0.122 e. The highest BCUT2D eigenvalue weighted by molar-refractivity contribution is 7.99. The van der Waals surface area contributed by atoms with Crippen LogP contribution >= 0.6 is 24.2 Å². The van der Waals surface area contributed by atoms with Crippen molar-refractivity contribution in [3.8, 4) is 0 Å². The normalized spacial score (nSPS) is 18.3. The molecule has 0 amide bonds. The zero-order valence-electron chi connectivity index (χ0n) is 12.3. The summed E-state index contributed by atoms with van der Waals surface area (Å²) in [6, 6.07) is 0.375. The zero-order valence-corrected chi connectivity index (χ0v) is 13.9. The molecule has 2 rings (SSSR count). The molecular weight excluding hydrogens is 290 g/mol. The van der Waals surface area contributed by atoms with Crippen LogP contribution in [0.2, 0.25) is 0 Å².